The van der Waals surface area contributed by atoms with Gasteiger partial charge in [-0.1, -0.05) is 75.9 Å². The number of hydrogen-bond donors (Lipinski definition) is 0. The molecule has 0 aliphatic carbocycles. The first kappa shape index (κ1) is 35.4. The van der Waals surface area contributed by atoms with Crippen molar-refractivity contribution in [1.29, 1.82) is 0 Å². The van der Waals surface area contributed by atoms with E-state index in [0.29, 0.717) is 13.1 Å². The van der Waals surface area contributed by atoms with E-state index >= 15 is 0 Å². The van der Waals surface area contributed by atoms with Crippen LogP contribution in [-0.4, -0.2) is 98.0 Å². The number of ether oxygens (including phenoxy) is 2. The van der Waals surface area contributed by atoms with Gasteiger partial charge < -0.3 is 19.3 Å². The lowest BCUT2D eigenvalue weighted by Gasteiger charge is -2.34. The van der Waals surface area contributed by atoms with Crippen molar-refractivity contribution in [3.8, 4) is 11.5 Å². The lowest BCUT2D eigenvalue weighted by Crippen LogP contribution is -2.54. The zero-order valence-electron chi connectivity index (χ0n) is 27.8. The smallest absolute Gasteiger partial charge is 0.242 e. The predicted molar refractivity (Wildman–Crippen MR) is 178 cm³/mol. The lowest BCUT2D eigenvalue weighted by atomic mass is 10.1. The van der Waals surface area contributed by atoms with Crippen LogP contribution in [0.5, 0.6) is 11.5 Å². The summed E-state index contributed by atoms with van der Waals surface area (Å²) in [6.45, 7) is 12.1. The summed E-state index contributed by atoms with van der Waals surface area (Å²) in [6, 6.07) is 16.4. The van der Waals surface area contributed by atoms with Crippen molar-refractivity contribution in [3.05, 3.63) is 59.7 Å². The van der Waals surface area contributed by atoms with Gasteiger partial charge in [0.25, 0.3) is 0 Å². The van der Waals surface area contributed by atoms with Crippen molar-refractivity contribution in [2.24, 2.45) is 0 Å². The number of rotatable bonds is 22. The molecule has 0 aromatic heterocycles. The van der Waals surface area contributed by atoms with Crippen LogP contribution in [0.2, 0.25) is 0 Å². The number of benzene rings is 2. The summed E-state index contributed by atoms with van der Waals surface area (Å²) >= 11 is 0. The molecule has 2 aromatic rings. The van der Waals surface area contributed by atoms with Gasteiger partial charge in [0.2, 0.25) is 11.8 Å². The molecule has 1 heterocycles. The van der Waals surface area contributed by atoms with Gasteiger partial charge >= 0.3 is 0 Å². The van der Waals surface area contributed by atoms with Gasteiger partial charge in [-0.25, -0.2) is 0 Å². The van der Waals surface area contributed by atoms with Crippen LogP contribution in [0.15, 0.2) is 48.5 Å². The van der Waals surface area contributed by atoms with Crippen LogP contribution in [0.4, 0.5) is 0 Å². The Bertz CT molecular complexity index is 1040. The monoisotopic (exact) mass is 608 g/mol. The van der Waals surface area contributed by atoms with E-state index in [-0.39, 0.29) is 24.9 Å². The van der Waals surface area contributed by atoms with Crippen LogP contribution in [0.25, 0.3) is 0 Å². The summed E-state index contributed by atoms with van der Waals surface area (Å²) in [4.78, 5) is 33.9. The summed E-state index contributed by atoms with van der Waals surface area (Å²) in [5, 5.41) is 0. The zero-order valence-corrected chi connectivity index (χ0v) is 27.8. The van der Waals surface area contributed by atoms with Crippen molar-refractivity contribution in [2.45, 2.75) is 78.3 Å². The SMILES string of the molecule is CCN(CCCCCCN1CC(=O)N(CCCCCCN(CC)Cc2ccccc2OC)CC1=O)Cc1ccccc1OC. The average Bonchev–Trinajstić information content (AvgIpc) is 3.05. The molecule has 1 saturated heterocycles. The van der Waals surface area contributed by atoms with E-state index in [1.807, 2.05) is 24.3 Å². The van der Waals surface area contributed by atoms with Crippen LogP contribution < -0.4 is 9.47 Å². The van der Waals surface area contributed by atoms with Gasteiger partial charge in [-0.3, -0.25) is 19.4 Å². The molecule has 8 heteroatoms. The minimum absolute atomic E-state index is 0.0912. The first-order valence-electron chi connectivity index (χ1n) is 16.7. The second-order valence-corrected chi connectivity index (χ2v) is 11.8. The maximum absolute atomic E-state index is 12.8. The number of unbranched alkanes of at least 4 members (excludes halogenated alkanes) is 6. The molecule has 1 aliphatic heterocycles. The molecule has 1 fully saturated rings. The third-order valence-electron chi connectivity index (χ3n) is 8.73. The molecule has 44 heavy (non-hydrogen) atoms. The fraction of sp³-hybridized carbons (Fsp3) is 0.611. The van der Waals surface area contributed by atoms with Crippen molar-refractivity contribution in [3.63, 3.8) is 0 Å². The summed E-state index contributed by atoms with van der Waals surface area (Å²) in [7, 11) is 3.45. The van der Waals surface area contributed by atoms with E-state index < -0.39 is 0 Å². The van der Waals surface area contributed by atoms with Gasteiger partial charge in [0.15, 0.2) is 0 Å². The molecule has 0 unspecified atom stereocenters. The van der Waals surface area contributed by atoms with Crippen LogP contribution >= 0.6 is 0 Å². The zero-order chi connectivity index (χ0) is 31.6. The Hall–Kier alpha value is -3.10. The number of carbonyl (C=O) groups excluding carboxylic acids is 2. The van der Waals surface area contributed by atoms with Crippen molar-refractivity contribution < 1.29 is 19.1 Å². The summed E-state index contributed by atoms with van der Waals surface area (Å²) in [5.74, 6) is 2.07. The fourth-order valence-electron chi connectivity index (χ4n) is 5.94. The first-order chi connectivity index (χ1) is 21.5. The molecule has 0 saturated carbocycles. The van der Waals surface area contributed by atoms with Crippen molar-refractivity contribution in [2.75, 3.05) is 66.6 Å². The topological polar surface area (TPSA) is 65.6 Å². The molecular weight excluding hydrogens is 552 g/mol. The minimum Gasteiger partial charge on any atom is -0.496 e. The second-order valence-electron chi connectivity index (χ2n) is 11.8. The van der Waals surface area contributed by atoms with Gasteiger partial charge in [0, 0.05) is 37.3 Å². The maximum atomic E-state index is 12.8. The van der Waals surface area contributed by atoms with Gasteiger partial charge in [0.05, 0.1) is 27.3 Å². The van der Waals surface area contributed by atoms with Crippen molar-refractivity contribution in [1.82, 2.24) is 19.6 Å². The molecule has 8 nitrogen and oxygen atoms in total. The van der Waals surface area contributed by atoms with E-state index in [0.717, 1.165) is 102 Å². The van der Waals surface area contributed by atoms with Crippen LogP contribution in [0.3, 0.4) is 0 Å². The number of nitrogens with zero attached hydrogens (tertiary/aromatic N) is 4. The molecule has 0 radical (unpaired) electrons. The van der Waals surface area contributed by atoms with Crippen LogP contribution in [-0.2, 0) is 22.7 Å². The number of amides is 2. The van der Waals surface area contributed by atoms with E-state index in [1.165, 1.54) is 11.1 Å². The Balaban J connectivity index is 1.24. The Morgan fingerprint density at radius 2 is 0.977 bits per heavy atom. The molecule has 2 amide bonds. The Kier molecular flexibility index (Phi) is 16.1. The maximum Gasteiger partial charge on any atom is 0.242 e. The molecule has 0 N–H and O–H groups in total. The number of para-hydroxylation sites is 2. The van der Waals surface area contributed by atoms with Gasteiger partial charge in [-0.15, -0.1) is 0 Å². The lowest BCUT2D eigenvalue weighted by molar-refractivity contribution is -0.150. The van der Waals surface area contributed by atoms with Gasteiger partial charge in [-0.2, -0.15) is 0 Å². The Labute approximate surface area is 266 Å². The summed E-state index contributed by atoms with van der Waals surface area (Å²) in [6.07, 6.45) is 8.54. The molecule has 2 aromatic carbocycles. The molecule has 0 spiro atoms. The first-order valence-corrected chi connectivity index (χ1v) is 16.7. The number of methoxy groups -OCH3 is 2. The third-order valence-corrected chi connectivity index (χ3v) is 8.73. The number of carbonyl (C=O) groups is 2. The van der Waals surface area contributed by atoms with Crippen LogP contribution in [0, 0.1) is 0 Å². The second kappa shape index (κ2) is 20.0. The van der Waals surface area contributed by atoms with E-state index in [9.17, 15) is 9.59 Å². The normalized spacial score (nSPS) is 13.8. The fourth-order valence-corrected chi connectivity index (χ4v) is 5.94. The standard InChI is InChI=1S/C36H56N4O4/c1-5-37(27-31-19-11-13-21-33(31)43-3)23-15-7-9-17-25-39-29-36(42)40(30-35(39)41)26-18-10-8-16-24-38(6-2)28-32-20-12-14-22-34(32)44-4/h11-14,19-22H,5-10,15-18,23-30H2,1-4H3. The Morgan fingerprint density at radius 1 is 0.591 bits per heavy atom. The highest BCUT2D eigenvalue weighted by molar-refractivity contribution is 5.92. The third kappa shape index (κ3) is 11.8. The van der Waals surface area contributed by atoms with Crippen LogP contribution in [0.1, 0.15) is 76.3 Å². The number of piperazine rings is 1. The van der Waals surface area contributed by atoms with E-state index in [2.05, 4.69) is 47.9 Å². The number of hydrogen-bond acceptors (Lipinski definition) is 6. The van der Waals surface area contributed by atoms with E-state index in [1.54, 1.807) is 24.0 Å². The highest BCUT2D eigenvalue weighted by Gasteiger charge is 2.28. The average molecular weight is 609 g/mol. The molecule has 0 bridgehead atoms. The van der Waals surface area contributed by atoms with Gasteiger partial charge in [0.1, 0.15) is 11.5 Å². The minimum atomic E-state index is 0.0912. The predicted octanol–water partition coefficient (Wildman–Crippen LogP) is 5.84. The van der Waals surface area contributed by atoms with Gasteiger partial charge in [-0.05, 0) is 64.0 Å². The molecule has 1 aliphatic rings. The largest absolute Gasteiger partial charge is 0.496 e. The molecular formula is C36H56N4O4. The highest BCUT2D eigenvalue weighted by Crippen LogP contribution is 2.21. The molecule has 0 atom stereocenters. The highest BCUT2D eigenvalue weighted by atomic mass is 16.5. The molecule has 244 valence electrons. The quantitative estimate of drug-likeness (QED) is 0.157. The Morgan fingerprint density at radius 3 is 1.36 bits per heavy atom. The van der Waals surface area contributed by atoms with Crippen molar-refractivity contribution >= 4 is 11.8 Å². The summed E-state index contributed by atoms with van der Waals surface area (Å²) < 4.78 is 11.0. The molecule has 3 rings (SSSR count). The van der Waals surface area contributed by atoms with E-state index in [4.69, 9.17) is 9.47 Å². The summed E-state index contributed by atoms with van der Waals surface area (Å²) in [5.41, 5.74) is 2.44.